The first-order valence-corrected chi connectivity index (χ1v) is 9.79. The van der Waals surface area contributed by atoms with Crippen LogP contribution in [0.3, 0.4) is 0 Å². The van der Waals surface area contributed by atoms with Crippen LogP contribution < -0.4 is 5.32 Å². The molecule has 136 valence electrons. The molecule has 0 aliphatic carbocycles. The Morgan fingerprint density at radius 1 is 0.926 bits per heavy atom. The van der Waals surface area contributed by atoms with Gasteiger partial charge in [0.25, 0.3) is 0 Å². The Labute approximate surface area is 158 Å². The fraction of sp³-hybridized carbons (Fsp3) is 0.0476. The minimum absolute atomic E-state index is 0.222. The van der Waals surface area contributed by atoms with Gasteiger partial charge >= 0.3 is 0 Å². The van der Waals surface area contributed by atoms with Gasteiger partial charge in [-0.15, -0.1) is 0 Å². The summed E-state index contributed by atoms with van der Waals surface area (Å²) in [6.45, 7) is 0.307. The zero-order chi connectivity index (χ0) is 19.1. The van der Waals surface area contributed by atoms with E-state index in [-0.39, 0.29) is 15.7 Å². The smallest absolute Gasteiger partial charge is 0.244 e. The van der Waals surface area contributed by atoms with Gasteiger partial charge in [-0.25, -0.2) is 8.42 Å². The monoisotopic (exact) mass is 378 g/mol. The molecule has 0 bridgehead atoms. The van der Waals surface area contributed by atoms with E-state index >= 15 is 0 Å². The number of nitrogens with one attached hydrogen (secondary N) is 1. The number of rotatable bonds is 6. The second kappa shape index (κ2) is 8.42. The topological polar surface area (TPSA) is 76.1 Å². The highest BCUT2D eigenvalue weighted by Gasteiger charge is 2.16. The standard InChI is InChI=1S/C21H18N2O3S/c24-21(13-10-17-5-4-14-22-15-17)23-16-18-8-11-20(12-9-18)27(25,26)19-6-2-1-3-7-19/h1-15H,16H2,(H,23,24). The summed E-state index contributed by atoms with van der Waals surface area (Å²) in [5, 5.41) is 2.76. The average Bonchev–Trinajstić information content (AvgIpc) is 2.72. The van der Waals surface area contributed by atoms with E-state index in [0.717, 1.165) is 11.1 Å². The molecule has 1 heterocycles. The number of nitrogens with zero attached hydrogens (tertiary/aromatic N) is 1. The second-order valence-corrected chi connectivity index (χ2v) is 7.75. The minimum Gasteiger partial charge on any atom is -0.348 e. The van der Waals surface area contributed by atoms with E-state index in [1.54, 1.807) is 79.1 Å². The molecule has 0 atom stereocenters. The molecule has 3 rings (SSSR count). The fourth-order valence-corrected chi connectivity index (χ4v) is 3.70. The molecule has 0 saturated heterocycles. The molecule has 2 aromatic carbocycles. The van der Waals surface area contributed by atoms with Gasteiger partial charge in [0, 0.05) is 25.0 Å². The Kier molecular flexibility index (Phi) is 5.78. The maximum absolute atomic E-state index is 12.5. The van der Waals surface area contributed by atoms with Gasteiger partial charge in [0.2, 0.25) is 15.7 Å². The van der Waals surface area contributed by atoms with Crippen LogP contribution in [0.2, 0.25) is 0 Å². The summed E-state index contributed by atoms with van der Waals surface area (Å²) in [4.78, 5) is 16.3. The molecule has 0 saturated carbocycles. The Hall–Kier alpha value is -3.25. The number of hydrogen-bond acceptors (Lipinski definition) is 4. The molecule has 0 unspecified atom stereocenters. The maximum atomic E-state index is 12.5. The van der Waals surface area contributed by atoms with Gasteiger partial charge in [-0.2, -0.15) is 0 Å². The van der Waals surface area contributed by atoms with Crippen LogP contribution in [0.4, 0.5) is 0 Å². The number of aromatic nitrogens is 1. The summed E-state index contributed by atoms with van der Waals surface area (Å²) in [6, 6.07) is 18.4. The largest absolute Gasteiger partial charge is 0.348 e. The third-order valence-electron chi connectivity index (χ3n) is 3.87. The number of amides is 1. The lowest BCUT2D eigenvalue weighted by molar-refractivity contribution is -0.116. The van der Waals surface area contributed by atoms with Crippen molar-refractivity contribution < 1.29 is 13.2 Å². The number of carbonyl (C=O) groups is 1. The molecule has 3 aromatic rings. The van der Waals surface area contributed by atoms with Gasteiger partial charge < -0.3 is 5.32 Å². The van der Waals surface area contributed by atoms with Crippen LogP contribution in [-0.2, 0) is 21.2 Å². The van der Waals surface area contributed by atoms with Gasteiger partial charge in [-0.1, -0.05) is 36.4 Å². The molecule has 27 heavy (non-hydrogen) atoms. The molecule has 0 aliphatic rings. The van der Waals surface area contributed by atoms with Crippen LogP contribution in [0.1, 0.15) is 11.1 Å². The van der Waals surface area contributed by atoms with Crippen molar-refractivity contribution in [2.75, 3.05) is 0 Å². The molecule has 0 aliphatic heterocycles. The van der Waals surface area contributed by atoms with Crippen LogP contribution in [0.5, 0.6) is 0 Å². The first-order chi connectivity index (χ1) is 13.1. The van der Waals surface area contributed by atoms with Crippen molar-refractivity contribution in [2.24, 2.45) is 0 Å². The van der Waals surface area contributed by atoms with E-state index in [0.29, 0.717) is 6.54 Å². The molecular formula is C21H18N2O3S. The predicted octanol–water partition coefficient (Wildman–Crippen LogP) is 3.24. The first-order valence-electron chi connectivity index (χ1n) is 8.31. The third-order valence-corrected chi connectivity index (χ3v) is 5.65. The summed E-state index contributed by atoms with van der Waals surface area (Å²) in [5.74, 6) is -0.236. The minimum atomic E-state index is -3.53. The lowest BCUT2D eigenvalue weighted by Gasteiger charge is -2.07. The molecule has 1 N–H and O–H groups in total. The number of sulfone groups is 1. The lowest BCUT2D eigenvalue weighted by atomic mass is 10.2. The molecule has 0 fully saturated rings. The van der Waals surface area contributed by atoms with Gasteiger partial charge in [0.05, 0.1) is 9.79 Å². The van der Waals surface area contributed by atoms with E-state index in [9.17, 15) is 13.2 Å². The van der Waals surface area contributed by atoms with Crippen molar-refractivity contribution in [3.63, 3.8) is 0 Å². The van der Waals surface area contributed by atoms with E-state index in [2.05, 4.69) is 10.3 Å². The van der Waals surface area contributed by atoms with Gasteiger partial charge in [-0.05, 0) is 47.5 Å². The molecular weight excluding hydrogens is 360 g/mol. The van der Waals surface area contributed by atoms with E-state index in [1.165, 1.54) is 6.08 Å². The zero-order valence-corrected chi connectivity index (χ0v) is 15.3. The van der Waals surface area contributed by atoms with Crippen molar-refractivity contribution in [2.45, 2.75) is 16.3 Å². The number of hydrogen-bond donors (Lipinski definition) is 1. The third kappa shape index (κ3) is 4.89. The van der Waals surface area contributed by atoms with Crippen molar-refractivity contribution in [1.82, 2.24) is 10.3 Å². The Balaban J connectivity index is 1.61. The summed E-state index contributed by atoms with van der Waals surface area (Å²) in [7, 11) is -3.53. The molecule has 6 heteroatoms. The fourth-order valence-electron chi connectivity index (χ4n) is 2.42. The second-order valence-electron chi connectivity index (χ2n) is 5.80. The van der Waals surface area contributed by atoms with Crippen molar-refractivity contribution in [3.8, 4) is 0 Å². The summed E-state index contributed by atoms with van der Waals surface area (Å²) < 4.78 is 25.1. The molecule has 1 amide bonds. The summed E-state index contributed by atoms with van der Waals surface area (Å²) in [5.41, 5.74) is 1.65. The first kappa shape index (κ1) is 18.5. The molecule has 0 spiro atoms. The van der Waals surface area contributed by atoms with E-state index in [4.69, 9.17) is 0 Å². The van der Waals surface area contributed by atoms with Crippen LogP contribution in [0.25, 0.3) is 6.08 Å². The van der Waals surface area contributed by atoms with Gasteiger partial charge in [-0.3, -0.25) is 9.78 Å². The zero-order valence-electron chi connectivity index (χ0n) is 14.4. The van der Waals surface area contributed by atoms with E-state index < -0.39 is 9.84 Å². The van der Waals surface area contributed by atoms with Crippen LogP contribution >= 0.6 is 0 Å². The normalized spacial score (nSPS) is 11.4. The quantitative estimate of drug-likeness (QED) is 0.668. The Bertz CT molecular complexity index is 1030. The van der Waals surface area contributed by atoms with Crippen LogP contribution in [-0.4, -0.2) is 19.3 Å². The molecule has 0 radical (unpaired) electrons. The van der Waals surface area contributed by atoms with Crippen molar-refractivity contribution >= 4 is 21.8 Å². The Morgan fingerprint density at radius 3 is 2.30 bits per heavy atom. The molecule has 5 nitrogen and oxygen atoms in total. The van der Waals surface area contributed by atoms with Gasteiger partial charge in [0.1, 0.15) is 0 Å². The number of carbonyl (C=O) groups excluding carboxylic acids is 1. The highest BCUT2D eigenvalue weighted by Crippen LogP contribution is 2.20. The van der Waals surface area contributed by atoms with Crippen molar-refractivity contribution in [1.29, 1.82) is 0 Å². The number of pyridine rings is 1. The maximum Gasteiger partial charge on any atom is 0.244 e. The van der Waals surface area contributed by atoms with Gasteiger partial charge in [0.15, 0.2) is 0 Å². The Morgan fingerprint density at radius 2 is 1.63 bits per heavy atom. The summed E-state index contributed by atoms with van der Waals surface area (Å²) in [6.07, 6.45) is 6.44. The van der Waals surface area contributed by atoms with Crippen LogP contribution in [0, 0.1) is 0 Å². The van der Waals surface area contributed by atoms with E-state index in [1.807, 2.05) is 6.07 Å². The molecule has 1 aromatic heterocycles. The highest BCUT2D eigenvalue weighted by atomic mass is 32.2. The lowest BCUT2D eigenvalue weighted by Crippen LogP contribution is -2.20. The van der Waals surface area contributed by atoms with Crippen molar-refractivity contribution in [3.05, 3.63) is 96.3 Å². The highest BCUT2D eigenvalue weighted by molar-refractivity contribution is 7.91. The predicted molar refractivity (Wildman–Crippen MR) is 103 cm³/mol. The average molecular weight is 378 g/mol. The number of benzene rings is 2. The van der Waals surface area contributed by atoms with Crippen LogP contribution in [0.15, 0.2) is 95.0 Å². The SMILES string of the molecule is O=C(C=Cc1cccnc1)NCc1ccc(S(=O)(=O)c2ccccc2)cc1. The summed E-state index contributed by atoms with van der Waals surface area (Å²) >= 11 is 0.